The molecule has 2 amide bonds. The number of anilines is 1. The molecule has 0 saturated heterocycles. The molecule has 3 heteroatoms. The third-order valence-electron chi connectivity index (χ3n) is 5.18. The Morgan fingerprint density at radius 3 is 1.45 bits per heavy atom. The molecule has 0 aliphatic carbocycles. The number of nitrogens with one attached hydrogen (secondary N) is 1. The van der Waals surface area contributed by atoms with Gasteiger partial charge in [0.25, 0.3) is 0 Å². The smallest absolute Gasteiger partial charge is 0.316 e. The molecular weight excluding hydrogens is 380 g/mol. The molecule has 4 rings (SSSR count). The van der Waals surface area contributed by atoms with Crippen LogP contribution in [0.25, 0.3) is 0 Å². The number of rotatable bonds is 7. The standard InChI is InChI=1S/C28H26N2O/c31-28(29-27-18-16-24(17-19-27)20-23-10-4-1-5-11-23)30(21-25-12-6-2-7-13-25)22-26-14-8-3-9-15-26/h1-19H,20-22H2,(H,29,31). The minimum atomic E-state index is -0.108. The fourth-order valence-corrected chi connectivity index (χ4v) is 3.55. The van der Waals surface area contributed by atoms with Gasteiger partial charge < -0.3 is 10.2 Å². The third-order valence-corrected chi connectivity index (χ3v) is 5.18. The van der Waals surface area contributed by atoms with Crippen LogP contribution >= 0.6 is 0 Å². The Morgan fingerprint density at radius 2 is 0.968 bits per heavy atom. The van der Waals surface area contributed by atoms with Crippen LogP contribution in [0.15, 0.2) is 115 Å². The van der Waals surface area contributed by atoms with Gasteiger partial charge in [0.1, 0.15) is 0 Å². The van der Waals surface area contributed by atoms with E-state index in [1.165, 1.54) is 11.1 Å². The van der Waals surface area contributed by atoms with E-state index in [0.29, 0.717) is 13.1 Å². The number of hydrogen-bond acceptors (Lipinski definition) is 1. The molecule has 0 fully saturated rings. The Bertz CT molecular complexity index is 1040. The lowest BCUT2D eigenvalue weighted by Crippen LogP contribution is -2.34. The molecule has 31 heavy (non-hydrogen) atoms. The van der Waals surface area contributed by atoms with Crippen molar-refractivity contribution in [3.8, 4) is 0 Å². The first-order valence-electron chi connectivity index (χ1n) is 10.5. The minimum absolute atomic E-state index is 0.108. The Kier molecular flexibility index (Phi) is 6.76. The fraction of sp³-hybridized carbons (Fsp3) is 0.107. The lowest BCUT2D eigenvalue weighted by molar-refractivity contribution is 0.206. The van der Waals surface area contributed by atoms with Gasteiger partial charge in [-0.15, -0.1) is 0 Å². The van der Waals surface area contributed by atoms with Crippen LogP contribution in [0.3, 0.4) is 0 Å². The Balaban J connectivity index is 1.44. The lowest BCUT2D eigenvalue weighted by atomic mass is 10.0. The predicted octanol–water partition coefficient (Wildman–Crippen LogP) is 6.51. The van der Waals surface area contributed by atoms with Crippen LogP contribution in [-0.2, 0) is 19.5 Å². The predicted molar refractivity (Wildman–Crippen MR) is 127 cm³/mol. The molecule has 0 heterocycles. The van der Waals surface area contributed by atoms with Gasteiger partial charge in [-0.25, -0.2) is 4.79 Å². The van der Waals surface area contributed by atoms with Crippen LogP contribution in [0.4, 0.5) is 10.5 Å². The van der Waals surface area contributed by atoms with Crippen LogP contribution in [0.2, 0.25) is 0 Å². The minimum Gasteiger partial charge on any atom is -0.316 e. The summed E-state index contributed by atoms with van der Waals surface area (Å²) in [4.78, 5) is 14.9. The lowest BCUT2D eigenvalue weighted by Gasteiger charge is -2.23. The second kappa shape index (κ2) is 10.3. The summed E-state index contributed by atoms with van der Waals surface area (Å²) in [5.41, 5.74) is 5.50. The van der Waals surface area contributed by atoms with E-state index >= 15 is 0 Å². The molecule has 154 valence electrons. The van der Waals surface area contributed by atoms with Gasteiger partial charge in [-0.1, -0.05) is 103 Å². The highest BCUT2D eigenvalue weighted by atomic mass is 16.2. The van der Waals surface area contributed by atoms with Gasteiger partial charge in [0.05, 0.1) is 0 Å². The van der Waals surface area contributed by atoms with Crippen molar-refractivity contribution in [2.24, 2.45) is 0 Å². The first-order chi connectivity index (χ1) is 15.3. The molecule has 4 aromatic rings. The first kappa shape index (κ1) is 20.4. The zero-order chi connectivity index (χ0) is 21.3. The van der Waals surface area contributed by atoms with Crippen LogP contribution in [-0.4, -0.2) is 10.9 Å². The highest BCUT2D eigenvalue weighted by molar-refractivity contribution is 5.89. The number of urea groups is 1. The van der Waals surface area contributed by atoms with Crippen molar-refractivity contribution in [1.29, 1.82) is 0 Å². The zero-order valence-corrected chi connectivity index (χ0v) is 17.4. The van der Waals surface area contributed by atoms with Gasteiger partial charge in [0.15, 0.2) is 0 Å². The third kappa shape index (κ3) is 6.06. The van der Waals surface area contributed by atoms with Crippen LogP contribution in [0.5, 0.6) is 0 Å². The summed E-state index contributed by atoms with van der Waals surface area (Å²) < 4.78 is 0. The first-order valence-corrected chi connectivity index (χ1v) is 10.5. The number of amides is 2. The van der Waals surface area contributed by atoms with E-state index in [1.54, 1.807) is 0 Å². The number of hydrogen-bond donors (Lipinski definition) is 1. The van der Waals surface area contributed by atoms with Crippen molar-refractivity contribution in [1.82, 2.24) is 4.90 Å². The van der Waals surface area contributed by atoms with Crippen molar-refractivity contribution in [2.75, 3.05) is 5.32 Å². The molecule has 0 bridgehead atoms. The van der Waals surface area contributed by atoms with Gasteiger partial charge in [0, 0.05) is 18.8 Å². The van der Waals surface area contributed by atoms with Gasteiger partial charge in [0.2, 0.25) is 0 Å². The summed E-state index contributed by atoms with van der Waals surface area (Å²) >= 11 is 0. The normalized spacial score (nSPS) is 10.5. The molecule has 0 saturated carbocycles. The summed E-state index contributed by atoms with van der Waals surface area (Å²) in [5.74, 6) is 0. The fourth-order valence-electron chi connectivity index (χ4n) is 3.55. The molecule has 0 spiro atoms. The summed E-state index contributed by atoms with van der Waals surface area (Å²) in [5, 5.41) is 3.06. The van der Waals surface area contributed by atoms with Crippen molar-refractivity contribution < 1.29 is 4.79 Å². The van der Waals surface area contributed by atoms with Crippen LogP contribution in [0, 0.1) is 0 Å². The Morgan fingerprint density at radius 1 is 0.548 bits per heavy atom. The summed E-state index contributed by atoms with van der Waals surface area (Å²) in [7, 11) is 0. The van der Waals surface area contributed by atoms with Gasteiger partial charge in [-0.05, 0) is 40.8 Å². The van der Waals surface area contributed by atoms with E-state index in [-0.39, 0.29) is 6.03 Å². The molecule has 0 atom stereocenters. The number of carbonyl (C=O) groups is 1. The van der Waals surface area contributed by atoms with E-state index in [0.717, 1.165) is 23.2 Å². The van der Waals surface area contributed by atoms with Crippen molar-refractivity contribution in [2.45, 2.75) is 19.5 Å². The average Bonchev–Trinajstić information content (AvgIpc) is 2.82. The highest BCUT2D eigenvalue weighted by Crippen LogP contribution is 2.16. The van der Waals surface area contributed by atoms with Crippen LogP contribution < -0.4 is 5.32 Å². The van der Waals surface area contributed by atoms with Gasteiger partial charge >= 0.3 is 6.03 Å². The molecule has 0 unspecified atom stereocenters. The second-order valence-electron chi connectivity index (χ2n) is 7.62. The maximum absolute atomic E-state index is 13.1. The molecule has 0 aliphatic rings. The number of benzene rings is 4. The molecular formula is C28H26N2O. The van der Waals surface area contributed by atoms with Crippen molar-refractivity contribution in [3.63, 3.8) is 0 Å². The molecule has 1 N–H and O–H groups in total. The molecule has 0 radical (unpaired) electrons. The van der Waals surface area contributed by atoms with Gasteiger partial charge in [-0.2, -0.15) is 0 Å². The van der Waals surface area contributed by atoms with E-state index < -0.39 is 0 Å². The molecule has 4 aromatic carbocycles. The summed E-state index contributed by atoms with van der Waals surface area (Å²) in [6, 6.07) is 38.5. The topological polar surface area (TPSA) is 32.3 Å². The molecule has 0 aromatic heterocycles. The molecule has 3 nitrogen and oxygen atoms in total. The average molecular weight is 407 g/mol. The largest absolute Gasteiger partial charge is 0.322 e. The molecule has 0 aliphatic heterocycles. The monoisotopic (exact) mass is 406 g/mol. The highest BCUT2D eigenvalue weighted by Gasteiger charge is 2.15. The van der Waals surface area contributed by atoms with Gasteiger partial charge in [-0.3, -0.25) is 0 Å². The van der Waals surface area contributed by atoms with E-state index in [1.807, 2.05) is 83.8 Å². The maximum atomic E-state index is 13.1. The number of nitrogens with zero attached hydrogens (tertiary/aromatic N) is 1. The van der Waals surface area contributed by atoms with Crippen LogP contribution in [0.1, 0.15) is 22.3 Å². The van der Waals surface area contributed by atoms with Crippen molar-refractivity contribution >= 4 is 11.7 Å². The Hall–Kier alpha value is -3.85. The summed E-state index contributed by atoms with van der Waals surface area (Å²) in [6.45, 7) is 1.10. The summed E-state index contributed by atoms with van der Waals surface area (Å²) in [6.07, 6.45) is 0.878. The maximum Gasteiger partial charge on any atom is 0.322 e. The van der Waals surface area contributed by atoms with E-state index in [2.05, 4.69) is 41.7 Å². The number of carbonyl (C=O) groups excluding carboxylic acids is 1. The Labute approximate surface area is 184 Å². The second-order valence-corrected chi connectivity index (χ2v) is 7.62. The van der Waals surface area contributed by atoms with E-state index in [4.69, 9.17) is 0 Å². The zero-order valence-electron chi connectivity index (χ0n) is 17.4. The SMILES string of the molecule is O=C(Nc1ccc(Cc2ccccc2)cc1)N(Cc1ccccc1)Cc1ccccc1. The van der Waals surface area contributed by atoms with E-state index in [9.17, 15) is 4.79 Å². The quantitative estimate of drug-likeness (QED) is 0.373. The van der Waals surface area contributed by atoms with Crippen molar-refractivity contribution in [3.05, 3.63) is 138 Å².